The largest absolute Gasteiger partial charge is 0.298 e. The summed E-state index contributed by atoms with van der Waals surface area (Å²) in [6.45, 7) is 6.17. The number of aryl methyl sites for hydroxylation is 1. The number of carbonyl (C=O) groups excluding carboxylic acids is 1. The number of hydrogen-bond donors (Lipinski definition) is 0. The van der Waals surface area contributed by atoms with Crippen molar-refractivity contribution in [2.24, 2.45) is 0 Å². The number of carbonyl (C=O) groups is 1. The van der Waals surface area contributed by atoms with Crippen molar-refractivity contribution in [1.29, 1.82) is 0 Å². The zero-order chi connectivity index (χ0) is 9.14. The maximum Gasteiger partial charge on any atom is 0.150 e. The first-order chi connectivity index (χ1) is 5.66. The SMILES string of the molecule is Cc1cccc(C(C)C)c1C=O. The summed E-state index contributed by atoms with van der Waals surface area (Å²) >= 11 is 0. The first-order valence-corrected chi connectivity index (χ1v) is 4.21. The smallest absolute Gasteiger partial charge is 0.150 e. The van der Waals surface area contributed by atoms with Crippen LogP contribution in [-0.4, -0.2) is 6.29 Å². The molecule has 0 aromatic heterocycles. The summed E-state index contributed by atoms with van der Waals surface area (Å²) in [7, 11) is 0. The minimum absolute atomic E-state index is 0.421. The fourth-order valence-electron chi connectivity index (χ4n) is 1.37. The van der Waals surface area contributed by atoms with Crippen LogP contribution in [0.15, 0.2) is 18.2 Å². The van der Waals surface area contributed by atoms with Gasteiger partial charge >= 0.3 is 0 Å². The van der Waals surface area contributed by atoms with Crippen molar-refractivity contribution in [1.82, 2.24) is 0 Å². The van der Waals surface area contributed by atoms with Crippen LogP contribution in [0.3, 0.4) is 0 Å². The highest BCUT2D eigenvalue weighted by Crippen LogP contribution is 2.20. The van der Waals surface area contributed by atoms with Crippen molar-refractivity contribution in [3.05, 3.63) is 34.9 Å². The third kappa shape index (κ3) is 1.55. The summed E-state index contributed by atoms with van der Waals surface area (Å²) in [5, 5.41) is 0. The lowest BCUT2D eigenvalue weighted by Gasteiger charge is -2.09. The molecule has 1 aromatic rings. The molecule has 0 aliphatic heterocycles. The zero-order valence-electron chi connectivity index (χ0n) is 7.79. The zero-order valence-corrected chi connectivity index (χ0v) is 7.79. The van der Waals surface area contributed by atoms with Crippen LogP contribution in [0.25, 0.3) is 0 Å². The second kappa shape index (κ2) is 3.53. The predicted octanol–water partition coefficient (Wildman–Crippen LogP) is 2.93. The average Bonchev–Trinajstić information content (AvgIpc) is 2.03. The molecule has 0 amide bonds. The van der Waals surface area contributed by atoms with E-state index in [-0.39, 0.29) is 0 Å². The minimum atomic E-state index is 0.421. The molecule has 0 N–H and O–H groups in total. The second-order valence-electron chi connectivity index (χ2n) is 3.35. The van der Waals surface area contributed by atoms with Crippen molar-refractivity contribution in [2.75, 3.05) is 0 Å². The monoisotopic (exact) mass is 162 g/mol. The molecule has 1 nitrogen and oxygen atoms in total. The average molecular weight is 162 g/mol. The summed E-state index contributed by atoms with van der Waals surface area (Å²) in [6, 6.07) is 5.98. The minimum Gasteiger partial charge on any atom is -0.298 e. The Morgan fingerprint density at radius 3 is 2.42 bits per heavy atom. The molecule has 0 saturated carbocycles. The highest BCUT2D eigenvalue weighted by atomic mass is 16.1. The van der Waals surface area contributed by atoms with Gasteiger partial charge in [0.15, 0.2) is 6.29 Å². The van der Waals surface area contributed by atoms with Crippen molar-refractivity contribution in [3.63, 3.8) is 0 Å². The molecule has 0 unspecified atom stereocenters. The molecule has 1 aromatic carbocycles. The van der Waals surface area contributed by atoms with Crippen LogP contribution in [0.5, 0.6) is 0 Å². The number of hydrogen-bond acceptors (Lipinski definition) is 1. The lowest BCUT2D eigenvalue weighted by atomic mass is 9.95. The first-order valence-electron chi connectivity index (χ1n) is 4.21. The summed E-state index contributed by atoms with van der Waals surface area (Å²) in [4.78, 5) is 10.8. The van der Waals surface area contributed by atoms with Crippen molar-refractivity contribution in [3.8, 4) is 0 Å². The molecule has 0 saturated heterocycles. The molecule has 0 heterocycles. The summed E-state index contributed by atoms with van der Waals surface area (Å²) in [5.41, 5.74) is 3.06. The molecular weight excluding hydrogens is 148 g/mol. The Morgan fingerprint density at radius 1 is 1.33 bits per heavy atom. The van der Waals surface area contributed by atoms with Crippen LogP contribution in [0.4, 0.5) is 0 Å². The Kier molecular flexibility index (Phi) is 2.64. The molecule has 0 bridgehead atoms. The van der Waals surface area contributed by atoms with Gasteiger partial charge in [-0.1, -0.05) is 32.0 Å². The van der Waals surface area contributed by atoms with Crippen molar-refractivity contribution in [2.45, 2.75) is 26.7 Å². The maximum absolute atomic E-state index is 10.8. The Labute approximate surface area is 73.4 Å². The van der Waals surface area contributed by atoms with Crippen LogP contribution in [0, 0.1) is 6.92 Å². The van der Waals surface area contributed by atoms with Crippen LogP contribution >= 0.6 is 0 Å². The standard InChI is InChI=1S/C11H14O/c1-8(2)10-6-4-5-9(3)11(10)7-12/h4-8H,1-3H3. The molecule has 0 aliphatic rings. The Morgan fingerprint density at radius 2 is 2.00 bits per heavy atom. The lowest BCUT2D eigenvalue weighted by molar-refractivity contribution is 0.112. The number of rotatable bonds is 2. The van der Waals surface area contributed by atoms with Gasteiger partial charge in [0.2, 0.25) is 0 Å². The predicted molar refractivity (Wildman–Crippen MR) is 50.7 cm³/mol. The van der Waals surface area contributed by atoms with Gasteiger partial charge in [0.25, 0.3) is 0 Å². The summed E-state index contributed by atoms with van der Waals surface area (Å²) in [5.74, 6) is 0.421. The van der Waals surface area contributed by atoms with Crippen molar-refractivity contribution < 1.29 is 4.79 Å². The highest BCUT2D eigenvalue weighted by molar-refractivity contribution is 5.79. The maximum atomic E-state index is 10.8. The Hall–Kier alpha value is -1.11. The molecule has 1 rings (SSSR count). The van der Waals surface area contributed by atoms with Crippen LogP contribution in [-0.2, 0) is 0 Å². The van der Waals surface area contributed by atoms with E-state index in [0.29, 0.717) is 5.92 Å². The Balaban J connectivity index is 3.27. The fraction of sp³-hybridized carbons (Fsp3) is 0.364. The van der Waals surface area contributed by atoms with Gasteiger partial charge in [-0.3, -0.25) is 4.79 Å². The van der Waals surface area contributed by atoms with Gasteiger partial charge in [-0.15, -0.1) is 0 Å². The fourth-order valence-corrected chi connectivity index (χ4v) is 1.37. The van der Waals surface area contributed by atoms with E-state index in [1.165, 1.54) is 0 Å². The number of aldehydes is 1. The van der Waals surface area contributed by atoms with Crippen molar-refractivity contribution >= 4 is 6.29 Å². The molecule has 0 atom stereocenters. The third-order valence-corrected chi connectivity index (χ3v) is 2.10. The van der Waals surface area contributed by atoms with Gasteiger partial charge < -0.3 is 0 Å². The van der Waals surface area contributed by atoms with Gasteiger partial charge in [-0.2, -0.15) is 0 Å². The second-order valence-corrected chi connectivity index (χ2v) is 3.35. The van der Waals surface area contributed by atoms with Gasteiger partial charge in [0, 0.05) is 5.56 Å². The topological polar surface area (TPSA) is 17.1 Å². The molecule has 1 heteroatoms. The van der Waals surface area contributed by atoms with E-state index in [1.54, 1.807) is 0 Å². The van der Waals surface area contributed by atoms with Gasteiger partial charge in [-0.05, 0) is 24.0 Å². The van der Waals surface area contributed by atoms with E-state index in [4.69, 9.17) is 0 Å². The molecular formula is C11H14O. The van der Waals surface area contributed by atoms with Gasteiger partial charge in [0.1, 0.15) is 0 Å². The molecule has 0 aliphatic carbocycles. The lowest BCUT2D eigenvalue weighted by Crippen LogP contribution is -1.97. The van der Waals surface area contributed by atoms with Crippen LogP contribution in [0.2, 0.25) is 0 Å². The molecule has 64 valence electrons. The highest BCUT2D eigenvalue weighted by Gasteiger charge is 2.06. The van der Waals surface area contributed by atoms with E-state index in [2.05, 4.69) is 13.8 Å². The van der Waals surface area contributed by atoms with E-state index < -0.39 is 0 Å². The molecule has 12 heavy (non-hydrogen) atoms. The van der Waals surface area contributed by atoms with E-state index >= 15 is 0 Å². The third-order valence-electron chi connectivity index (χ3n) is 2.10. The van der Waals surface area contributed by atoms with Crippen LogP contribution < -0.4 is 0 Å². The summed E-state index contributed by atoms with van der Waals surface area (Å²) in [6.07, 6.45) is 0.949. The van der Waals surface area contributed by atoms with E-state index in [0.717, 1.165) is 23.0 Å². The molecule has 0 radical (unpaired) electrons. The quantitative estimate of drug-likeness (QED) is 0.611. The number of benzene rings is 1. The van der Waals surface area contributed by atoms with E-state index in [1.807, 2.05) is 25.1 Å². The normalized spacial score (nSPS) is 10.3. The van der Waals surface area contributed by atoms with Gasteiger partial charge in [-0.25, -0.2) is 0 Å². The van der Waals surface area contributed by atoms with Gasteiger partial charge in [0.05, 0.1) is 0 Å². The first kappa shape index (κ1) is 8.98. The van der Waals surface area contributed by atoms with E-state index in [9.17, 15) is 4.79 Å². The molecule has 0 spiro atoms. The molecule has 0 fully saturated rings. The van der Waals surface area contributed by atoms with Crippen LogP contribution in [0.1, 0.15) is 41.3 Å². The summed E-state index contributed by atoms with van der Waals surface area (Å²) < 4.78 is 0. The Bertz CT molecular complexity index is 287.